The van der Waals surface area contributed by atoms with E-state index in [4.69, 9.17) is 0 Å². The first-order chi connectivity index (χ1) is 17.7. The Morgan fingerprint density at radius 3 is 2.38 bits per heavy atom. The monoisotopic (exact) mass is 491 g/mol. The third kappa shape index (κ3) is 3.11. The molecule has 4 atom stereocenters. The average Bonchev–Trinajstić information content (AvgIpc) is 3.36. The molecule has 186 valence electrons. The van der Waals surface area contributed by atoms with Gasteiger partial charge in [-0.05, 0) is 42.3 Å². The molecule has 1 fully saturated rings. The lowest BCUT2D eigenvalue weighted by Gasteiger charge is -2.39. The number of carbonyl (C=O) groups is 3. The van der Waals surface area contributed by atoms with E-state index < -0.39 is 28.8 Å². The standard InChI is InChI=1S/C31H29N3O3/c1-18-17-24-31(21-10-6-7-11-22(21)33-29(31)37)25(27(35)19-13-15-32-16-14-19)26(28(36)30(2,3)4)34(24)23-12-8-5-9-20(18)23/h5-17,24-26H,1-4H3,(H,33,37)/t24-,25+,26+,31-/m1/s1. The Labute approximate surface area is 216 Å². The Kier molecular flexibility index (Phi) is 5.03. The molecule has 0 aliphatic carbocycles. The lowest BCUT2D eigenvalue weighted by atomic mass is 9.63. The summed E-state index contributed by atoms with van der Waals surface area (Å²) in [6.45, 7) is 7.66. The van der Waals surface area contributed by atoms with Crippen molar-refractivity contribution in [3.05, 3.63) is 95.8 Å². The van der Waals surface area contributed by atoms with Crippen LogP contribution in [-0.2, 0) is 15.0 Å². The number of aromatic nitrogens is 1. The molecule has 1 amide bonds. The quantitative estimate of drug-likeness (QED) is 0.518. The van der Waals surface area contributed by atoms with Gasteiger partial charge in [0, 0.05) is 40.3 Å². The number of para-hydroxylation sites is 2. The molecule has 0 bridgehead atoms. The van der Waals surface area contributed by atoms with E-state index in [0.717, 1.165) is 22.4 Å². The van der Waals surface area contributed by atoms with Crippen molar-refractivity contribution >= 4 is 34.4 Å². The van der Waals surface area contributed by atoms with Crippen molar-refractivity contribution in [2.75, 3.05) is 10.2 Å². The molecule has 2 aromatic carbocycles. The maximum absolute atomic E-state index is 14.5. The molecule has 1 spiro atoms. The van der Waals surface area contributed by atoms with Crippen molar-refractivity contribution in [1.29, 1.82) is 0 Å². The number of carbonyl (C=O) groups excluding carboxylic acids is 3. The van der Waals surface area contributed by atoms with Crippen molar-refractivity contribution in [3.8, 4) is 0 Å². The fourth-order valence-corrected chi connectivity index (χ4v) is 6.53. The predicted molar refractivity (Wildman–Crippen MR) is 143 cm³/mol. The molecule has 0 saturated carbocycles. The van der Waals surface area contributed by atoms with Gasteiger partial charge in [-0.1, -0.05) is 63.2 Å². The molecule has 4 heterocycles. The molecule has 0 unspecified atom stereocenters. The minimum Gasteiger partial charge on any atom is -0.352 e. The van der Waals surface area contributed by atoms with Crippen LogP contribution < -0.4 is 10.2 Å². The molecule has 37 heavy (non-hydrogen) atoms. The van der Waals surface area contributed by atoms with Gasteiger partial charge in [0.2, 0.25) is 5.91 Å². The zero-order valence-corrected chi connectivity index (χ0v) is 21.4. The normalized spacial score (nSPS) is 25.7. The minimum atomic E-state index is -1.28. The Balaban J connectivity index is 1.71. The van der Waals surface area contributed by atoms with Crippen LogP contribution in [0.25, 0.3) is 5.57 Å². The average molecular weight is 492 g/mol. The van der Waals surface area contributed by atoms with Gasteiger partial charge in [-0.25, -0.2) is 0 Å². The van der Waals surface area contributed by atoms with Crippen LogP contribution >= 0.6 is 0 Å². The van der Waals surface area contributed by atoms with Gasteiger partial charge in [0.15, 0.2) is 11.6 Å². The van der Waals surface area contributed by atoms with Gasteiger partial charge < -0.3 is 10.2 Å². The van der Waals surface area contributed by atoms with E-state index in [2.05, 4.69) is 21.3 Å². The van der Waals surface area contributed by atoms with E-state index in [1.54, 1.807) is 24.5 Å². The smallest absolute Gasteiger partial charge is 0.238 e. The van der Waals surface area contributed by atoms with E-state index in [-0.39, 0.29) is 17.5 Å². The van der Waals surface area contributed by atoms with Gasteiger partial charge in [0.05, 0.1) is 12.0 Å². The van der Waals surface area contributed by atoms with Gasteiger partial charge in [-0.15, -0.1) is 0 Å². The highest BCUT2D eigenvalue weighted by Gasteiger charge is 2.71. The molecule has 3 aromatic rings. The molecule has 1 saturated heterocycles. The van der Waals surface area contributed by atoms with Gasteiger partial charge >= 0.3 is 0 Å². The molecule has 6 nitrogen and oxygen atoms in total. The summed E-state index contributed by atoms with van der Waals surface area (Å²) in [5.41, 5.74) is 2.77. The summed E-state index contributed by atoms with van der Waals surface area (Å²) in [6.07, 6.45) is 5.22. The Morgan fingerprint density at radius 2 is 1.65 bits per heavy atom. The van der Waals surface area contributed by atoms with Crippen LogP contribution in [0.5, 0.6) is 0 Å². The number of amides is 1. The predicted octanol–water partition coefficient (Wildman–Crippen LogP) is 5.06. The topological polar surface area (TPSA) is 79.4 Å². The second-order valence-electron chi connectivity index (χ2n) is 11.2. The van der Waals surface area contributed by atoms with Gasteiger partial charge in [0.1, 0.15) is 11.5 Å². The van der Waals surface area contributed by atoms with Crippen LogP contribution in [0.2, 0.25) is 0 Å². The molecule has 6 rings (SSSR count). The third-order valence-electron chi connectivity index (χ3n) is 8.14. The summed E-state index contributed by atoms with van der Waals surface area (Å²) in [4.78, 5) is 49.3. The third-order valence-corrected chi connectivity index (χ3v) is 8.14. The summed E-state index contributed by atoms with van der Waals surface area (Å²) in [5, 5.41) is 3.07. The Morgan fingerprint density at radius 1 is 0.973 bits per heavy atom. The number of hydrogen-bond acceptors (Lipinski definition) is 5. The summed E-state index contributed by atoms with van der Waals surface area (Å²) >= 11 is 0. The zero-order valence-electron chi connectivity index (χ0n) is 21.4. The van der Waals surface area contributed by atoms with E-state index in [0.29, 0.717) is 11.3 Å². The highest BCUT2D eigenvalue weighted by atomic mass is 16.2. The maximum atomic E-state index is 14.5. The molecule has 1 aromatic heterocycles. The van der Waals surface area contributed by atoms with Crippen LogP contribution in [0.1, 0.15) is 49.2 Å². The maximum Gasteiger partial charge on any atom is 0.238 e. The van der Waals surface area contributed by atoms with Crippen molar-refractivity contribution in [2.24, 2.45) is 11.3 Å². The Bertz CT molecular complexity index is 1490. The van der Waals surface area contributed by atoms with E-state index in [1.807, 2.05) is 76.2 Å². The number of pyridine rings is 1. The van der Waals surface area contributed by atoms with E-state index in [1.165, 1.54) is 0 Å². The first-order valence-corrected chi connectivity index (χ1v) is 12.6. The molecule has 6 heteroatoms. The van der Waals surface area contributed by atoms with Crippen molar-refractivity contribution in [3.63, 3.8) is 0 Å². The van der Waals surface area contributed by atoms with Gasteiger partial charge in [-0.3, -0.25) is 19.4 Å². The highest BCUT2D eigenvalue weighted by Crippen LogP contribution is 2.59. The van der Waals surface area contributed by atoms with E-state index in [9.17, 15) is 14.4 Å². The fraction of sp³-hybridized carbons (Fsp3) is 0.290. The molecular formula is C31H29N3O3. The van der Waals surface area contributed by atoms with Crippen molar-refractivity contribution < 1.29 is 14.4 Å². The Hall–Kier alpha value is -4.06. The van der Waals surface area contributed by atoms with Crippen molar-refractivity contribution in [1.82, 2.24) is 4.98 Å². The number of Topliss-reactive ketones (excluding diaryl/α,β-unsaturated/α-hetero) is 2. The summed E-state index contributed by atoms with van der Waals surface area (Å²) in [6, 6.07) is 17.5. The number of benzene rings is 2. The van der Waals surface area contributed by atoms with Gasteiger partial charge in [0.25, 0.3) is 0 Å². The number of nitrogens with one attached hydrogen (secondary N) is 1. The second-order valence-corrected chi connectivity index (χ2v) is 11.2. The number of nitrogens with zero attached hydrogens (tertiary/aromatic N) is 2. The zero-order chi connectivity index (χ0) is 26.1. The largest absolute Gasteiger partial charge is 0.352 e. The second kappa shape index (κ2) is 7.97. The summed E-state index contributed by atoms with van der Waals surface area (Å²) < 4.78 is 0. The van der Waals surface area contributed by atoms with E-state index >= 15 is 0 Å². The van der Waals surface area contributed by atoms with Crippen LogP contribution in [0.3, 0.4) is 0 Å². The summed E-state index contributed by atoms with van der Waals surface area (Å²) in [5.74, 6) is -1.48. The highest BCUT2D eigenvalue weighted by molar-refractivity contribution is 6.17. The van der Waals surface area contributed by atoms with Crippen molar-refractivity contribution in [2.45, 2.75) is 45.2 Å². The fourth-order valence-electron chi connectivity index (χ4n) is 6.53. The summed E-state index contributed by atoms with van der Waals surface area (Å²) in [7, 11) is 0. The number of anilines is 2. The number of hydrogen-bond donors (Lipinski definition) is 1. The molecule has 3 aliphatic heterocycles. The first kappa shape index (κ1) is 23.3. The number of fused-ring (bicyclic) bond motifs is 6. The minimum absolute atomic E-state index is 0.0679. The number of rotatable bonds is 3. The van der Waals surface area contributed by atoms with Crippen LogP contribution in [0.15, 0.2) is 79.1 Å². The molecule has 0 radical (unpaired) electrons. The molecule has 1 N–H and O–H groups in total. The number of ketones is 2. The van der Waals surface area contributed by atoms with Gasteiger partial charge in [-0.2, -0.15) is 0 Å². The first-order valence-electron chi connectivity index (χ1n) is 12.6. The lowest BCUT2D eigenvalue weighted by Crippen LogP contribution is -2.51. The SMILES string of the molecule is CC1=C[C@H]2N(c3ccccc31)[C@H](C(=O)C(C)(C)C)[C@@H](C(=O)c1ccncc1)[C@]21C(=O)Nc2ccccc21. The number of allylic oxidation sites excluding steroid dienone is 1. The van der Waals surface area contributed by atoms with Crippen LogP contribution in [0.4, 0.5) is 11.4 Å². The van der Waals surface area contributed by atoms with Crippen LogP contribution in [0, 0.1) is 11.3 Å². The molecular weight excluding hydrogens is 462 g/mol. The molecule has 3 aliphatic rings. The lowest BCUT2D eigenvalue weighted by molar-refractivity contribution is -0.128. The van der Waals surface area contributed by atoms with Crippen LogP contribution in [-0.4, -0.2) is 34.5 Å².